The fourth-order valence-corrected chi connectivity index (χ4v) is 3.08. The lowest BCUT2D eigenvalue weighted by Crippen LogP contribution is -2.19. The van der Waals surface area contributed by atoms with E-state index in [1.54, 1.807) is 11.3 Å². The van der Waals surface area contributed by atoms with Gasteiger partial charge < -0.3 is 10.6 Å². The van der Waals surface area contributed by atoms with Crippen LogP contribution < -0.4 is 10.6 Å². The van der Waals surface area contributed by atoms with Crippen LogP contribution in [-0.4, -0.2) is 22.6 Å². The van der Waals surface area contributed by atoms with E-state index in [9.17, 15) is 0 Å². The Kier molecular flexibility index (Phi) is 4.39. The maximum atomic E-state index is 4.69. The normalized spacial score (nSPS) is 15.7. The first kappa shape index (κ1) is 14.3. The Morgan fingerprint density at radius 2 is 2.14 bits per heavy atom. The molecule has 21 heavy (non-hydrogen) atoms. The Morgan fingerprint density at radius 3 is 2.81 bits per heavy atom. The van der Waals surface area contributed by atoms with Crippen molar-refractivity contribution in [3.05, 3.63) is 34.3 Å². The standard InChI is InChI=1S/C16H22N4S/c1-3-17-14-9-15(20-16(19-14)13-4-5-13)18-11(2)8-12-6-7-21-10-12/h6-7,9-11,13H,3-5,8H2,1-2H3,(H2,17,18,19,20). The summed E-state index contributed by atoms with van der Waals surface area (Å²) in [7, 11) is 0. The van der Waals surface area contributed by atoms with E-state index in [2.05, 4.69) is 51.3 Å². The summed E-state index contributed by atoms with van der Waals surface area (Å²) in [6.07, 6.45) is 3.46. The molecule has 0 saturated heterocycles. The zero-order valence-electron chi connectivity index (χ0n) is 12.6. The highest BCUT2D eigenvalue weighted by molar-refractivity contribution is 7.07. The topological polar surface area (TPSA) is 49.8 Å². The Bertz CT molecular complexity index is 578. The van der Waals surface area contributed by atoms with Crippen molar-refractivity contribution >= 4 is 23.0 Å². The van der Waals surface area contributed by atoms with Gasteiger partial charge in [-0.15, -0.1) is 0 Å². The molecule has 2 heterocycles. The molecular formula is C16H22N4S. The van der Waals surface area contributed by atoms with Gasteiger partial charge in [0.05, 0.1) is 0 Å². The molecule has 0 spiro atoms. The van der Waals surface area contributed by atoms with Gasteiger partial charge in [-0.25, -0.2) is 9.97 Å². The summed E-state index contributed by atoms with van der Waals surface area (Å²) < 4.78 is 0. The minimum absolute atomic E-state index is 0.357. The quantitative estimate of drug-likeness (QED) is 0.814. The number of thiophene rings is 1. The van der Waals surface area contributed by atoms with Crippen LogP contribution in [0.15, 0.2) is 22.9 Å². The van der Waals surface area contributed by atoms with Crippen molar-refractivity contribution in [2.24, 2.45) is 0 Å². The first-order chi connectivity index (χ1) is 10.2. The van der Waals surface area contributed by atoms with Gasteiger partial charge in [0, 0.05) is 24.6 Å². The van der Waals surface area contributed by atoms with E-state index in [0.717, 1.165) is 30.4 Å². The minimum atomic E-state index is 0.357. The number of hydrogen-bond acceptors (Lipinski definition) is 5. The zero-order valence-corrected chi connectivity index (χ0v) is 13.4. The number of nitrogens with one attached hydrogen (secondary N) is 2. The highest BCUT2D eigenvalue weighted by atomic mass is 32.1. The third-order valence-corrected chi connectivity index (χ3v) is 4.29. The number of hydrogen-bond donors (Lipinski definition) is 2. The molecule has 0 amide bonds. The maximum Gasteiger partial charge on any atom is 0.136 e. The molecule has 3 rings (SSSR count). The number of anilines is 2. The van der Waals surface area contributed by atoms with Crippen molar-refractivity contribution in [1.29, 1.82) is 0 Å². The molecule has 0 aromatic carbocycles. The van der Waals surface area contributed by atoms with Gasteiger partial charge in [-0.2, -0.15) is 11.3 Å². The van der Waals surface area contributed by atoms with E-state index in [1.807, 2.05) is 6.07 Å². The Hall–Kier alpha value is -1.62. The molecule has 0 radical (unpaired) electrons. The Labute approximate surface area is 130 Å². The molecule has 2 aromatic rings. The maximum absolute atomic E-state index is 4.69. The summed E-state index contributed by atoms with van der Waals surface area (Å²) in [6.45, 7) is 5.17. The Balaban J connectivity index is 1.70. The van der Waals surface area contributed by atoms with Gasteiger partial charge in [-0.3, -0.25) is 0 Å². The van der Waals surface area contributed by atoms with E-state index < -0.39 is 0 Å². The summed E-state index contributed by atoms with van der Waals surface area (Å²) in [4.78, 5) is 9.29. The van der Waals surface area contributed by atoms with Crippen molar-refractivity contribution in [2.75, 3.05) is 17.2 Å². The van der Waals surface area contributed by atoms with Crippen LogP contribution in [0.25, 0.3) is 0 Å². The second kappa shape index (κ2) is 6.43. The van der Waals surface area contributed by atoms with Gasteiger partial charge in [0.25, 0.3) is 0 Å². The third kappa shape index (κ3) is 3.94. The molecule has 2 N–H and O–H groups in total. The van der Waals surface area contributed by atoms with Gasteiger partial charge in [0.15, 0.2) is 0 Å². The zero-order chi connectivity index (χ0) is 14.7. The second-order valence-electron chi connectivity index (χ2n) is 5.68. The van der Waals surface area contributed by atoms with E-state index in [4.69, 9.17) is 0 Å². The highest BCUT2D eigenvalue weighted by Gasteiger charge is 2.27. The fraction of sp³-hybridized carbons (Fsp3) is 0.500. The van der Waals surface area contributed by atoms with Crippen molar-refractivity contribution in [1.82, 2.24) is 9.97 Å². The van der Waals surface area contributed by atoms with Gasteiger partial charge in [-0.05, 0) is 55.5 Å². The Morgan fingerprint density at radius 1 is 1.33 bits per heavy atom. The predicted octanol–water partition coefficient (Wildman–Crippen LogP) is 3.89. The molecule has 112 valence electrons. The van der Waals surface area contributed by atoms with Crippen molar-refractivity contribution in [2.45, 2.75) is 45.1 Å². The molecule has 1 aliphatic rings. The molecular weight excluding hydrogens is 280 g/mol. The molecule has 1 unspecified atom stereocenters. The molecule has 5 heteroatoms. The SMILES string of the molecule is CCNc1cc(NC(C)Cc2ccsc2)nc(C2CC2)n1. The van der Waals surface area contributed by atoms with E-state index in [-0.39, 0.29) is 0 Å². The van der Waals surface area contributed by atoms with Crippen LogP contribution in [0, 0.1) is 0 Å². The van der Waals surface area contributed by atoms with Crippen LogP contribution in [0.2, 0.25) is 0 Å². The van der Waals surface area contributed by atoms with Crippen molar-refractivity contribution in [3.8, 4) is 0 Å². The molecule has 1 aliphatic carbocycles. The fourth-order valence-electron chi connectivity index (χ4n) is 2.40. The molecule has 0 bridgehead atoms. The first-order valence-electron chi connectivity index (χ1n) is 7.65. The van der Waals surface area contributed by atoms with Crippen molar-refractivity contribution in [3.63, 3.8) is 0 Å². The van der Waals surface area contributed by atoms with E-state index in [0.29, 0.717) is 12.0 Å². The number of rotatable bonds is 7. The summed E-state index contributed by atoms with van der Waals surface area (Å²) in [5.41, 5.74) is 1.38. The predicted molar refractivity (Wildman–Crippen MR) is 89.3 cm³/mol. The monoisotopic (exact) mass is 302 g/mol. The third-order valence-electron chi connectivity index (χ3n) is 3.56. The smallest absolute Gasteiger partial charge is 0.136 e. The number of aromatic nitrogens is 2. The van der Waals surface area contributed by atoms with Crippen LogP contribution in [-0.2, 0) is 6.42 Å². The summed E-state index contributed by atoms with van der Waals surface area (Å²) in [5, 5.41) is 11.1. The summed E-state index contributed by atoms with van der Waals surface area (Å²) in [6, 6.07) is 4.55. The van der Waals surface area contributed by atoms with E-state index >= 15 is 0 Å². The average Bonchev–Trinajstić information content (AvgIpc) is 3.18. The van der Waals surface area contributed by atoms with Gasteiger partial charge in [0.1, 0.15) is 17.5 Å². The van der Waals surface area contributed by atoms with Crippen LogP contribution in [0.4, 0.5) is 11.6 Å². The first-order valence-corrected chi connectivity index (χ1v) is 8.59. The van der Waals surface area contributed by atoms with Gasteiger partial charge >= 0.3 is 0 Å². The lowest BCUT2D eigenvalue weighted by Gasteiger charge is -2.15. The van der Waals surface area contributed by atoms with E-state index in [1.165, 1.54) is 18.4 Å². The van der Waals surface area contributed by atoms with Crippen molar-refractivity contribution < 1.29 is 0 Å². The highest BCUT2D eigenvalue weighted by Crippen LogP contribution is 2.38. The van der Waals surface area contributed by atoms with Gasteiger partial charge in [0.2, 0.25) is 0 Å². The van der Waals surface area contributed by atoms with Crippen LogP contribution >= 0.6 is 11.3 Å². The lowest BCUT2D eigenvalue weighted by molar-refractivity contribution is 0.781. The average molecular weight is 302 g/mol. The van der Waals surface area contributed by atoms with Gasteiger partial charge in [-0.1, -0.05) is 0 Å². The minimum Gasteiger partial charge on any atom is -0.370 e. The van der Waals surface area contributed by atoms with Crippen LogP contribution in [0.1, 0.15) is 44.0 Å². The molecule has 4 nitrogen and oxygen atoms in total. The summed E-state index contributed by atoms with van der Waals surface area (Å²) >= 11 is 1.75. The summed E-state index contributed by atoms with van der Waals surface area (Å²) in [5.74, 6) is 3.42. The number of nitrogens with zero attached hydrogens (tertiary/aromatic N) is 2. The molecule has 2 aromatic heterocycles. The largest absolute Gasteiger partial charge is 0.370 e. The molecule has 0 aliphatic heterocycles. The van der Waals surface area contributed by atoms with Crippen LogP contribution in [0.5, 0.6) is 0 Å². The molecule has 1 saturated carbocycles. The van der Waals surface area contributed by atoms with Crippen LogP contribution in [0.3, 0.4) is 0 Å². The molecule has 1 fully saturated rings. The lowest BCUT2D eigenvalue weighted by atomic mass is 10.1. The second-order valence-corrected chi connectivity index (χ2v) is 6.46. The molecule has 1 atom stereocenters.